The van der Waals surface area contributed by atoms with Gasteiger partial charge in [0.15, 0.2) is 0 Å². The molecule has 3 heteroatoms. The lowest BCUT2D eigenvalue weighted by Gasteiger charge is -2.15. The van der Waals surface area contributed by atoms with E-state index in [0.717, 1.165) is 6.54 Å². The summed E-state index contributed by atoms with van der Waals surface area (Å²) in [4.78, 5) is 1.45. The minimum atomic E-state index is 0.552. The average Bonchev–Trinajstić information content (AvgIpc) is 2.59. The molecule has 1 heterocycles. The van der Waals surface area contributed by atoms with E-state index < -0.39 is 0 Å². The van der Waals surface area contributed by atoms with Gasteiger partial charge in [-0.15, -0.1) is 11.3 Å². The molecular weight excluding hydrogens is 258 g/mol. The van der Waals surface area contributed by atoms with Crippen molar-refractivity contribution in [3.63, 3.8) is 0 Å². The third-order valence-electron chi connectivity index (χ3n) is 2.23. The Morgan fingerprint density at radius 1 is 1.43 bits per heavy atom. The normalized spacial score (nSPS) is 13.1. The highest BCUT2D eigenvalue weighted by atomic mass is 79.9. The van der Waals surface area contributed by atoms with Gasteiger partial charge in [0, 0.05) is 10.9 Å². The summed E-state index contributed by atoms with van der Waals surface area (Å²) in [6.45, 7) is 5.46. The van der Waals surface area contributed by atoms with E-state index in [1.54, 1.807) is 0 Å². The molecule has 1 unspecified atom stereocenters. The van der Waals surface area contributed by atoms with Gasteiger partial charge in [-0.3, -0.25) is 0 Å². The van der Waals surface area contributed by atoms with Crippen molar-refractivity contribution in [3.8, 4) is 0 Å². The second kappa shape index (κ2) is 6.59. The molecule has 1 aromatic heterocycles. The zero-order chi connectivity index (χ0) is 10.4. The number of unbranched alkanes of at least 4 members (excludes halogenated alkanes) is 1. The largest absolute Gasteiger partial charge is 0.310 e. The molecule has 0 bridgehead atoms. The smallest absolute Gasteiger partial charge is 0.0701 e. The van der Waals surface area contributed by atoms with Gasteiger partial charge in [-0.05, 0) is 41.0 Å². The molecule has 1 atom stereocenters. The van der Waals surface area contributed by atoms with E-state index in [0.29, 0.717) is 6.04 Å². The van der Waals surface area contributed by atoms with E-state index in [4.69, 9.17) is 0 Å². The monoisotopic (exact) mass is 275 g/mol. The summed E-state index contributed by atoms with van der Waals surface area (Å²) in [5.41, 5.74) is 0. The maximum Gasteiger partial charge on any atom is 0.0701 e. The molecule has 0 fully saturated rings. The van der Waals surface area contributed by atoms with Crippen LogP contribution < -0.4 is 5.32 Å². The Bertz CT molecular complexity index is 260. The zero-order valence-corrected chi connectivity index (χ0v) is 11.2. The first-order valence-electron chi connectivity index (χ1n) is 5.26. The predicted molar refractivity (Wildman–Crippen MR) is 68.0 cm³/mol. The number of rotatable bonds is 6. The van der Waals surface area contributed by atoms with Crippen LogP contribution in [0.4, 0.5) is 0 Å². The molecule has 0 spiro atoms. The van der Waals surface area contributed by atoms with Crippen LogP contribution in [0.1, 0.15) is 44.0 Å². The van der Waals surface area contributed by atoms with Crippen molar-refractivity contribution in [1.82, 2.24) is 5.32 Å². The number of hydrogen-bond donors (Lipinski definition) is 1. The Labute approximate surface area is 99.0 Å². The van der Waals surface area contributed by atoms with Gasteiger partial charge in [-0.1, -0.05) is 26.7 Å². The molecule has 0 aromatic carbocycles. The van der Waals surface area contributed by atoms with Crippen molar-refractivity contribution in [2.45, 2.75) is 39.2 Å². The molecule has 14 heavy (non-hydrogen) atoms. The topological polar surface area (TPSA) is 12.0 Å². The van der Waals surface area contributed by atoms with Crippen LogP contribution >= 0.6 is 27.3 Å². The molecule has 0 amide bonds. The van der Waals surface area contributed by atoms with E-state index >= 15 is 0 Å². The highest BCUT2D eigenvalue weighted by Crippen LogP contribution is 2.29. The van der Waals surface area contributed by atoms with Gasteiger partial charge in [0.2, 0.25) is 0 Å². The molecule has 0 saturated heterocycles. The summed E-state index contributed by atoms with van der Waals surface area (Å²) in [5, 5.41) is 3.54. The van der Waals surface area contributed by atoms with Gasteiger partial charge in [0.05, 0.1) is 3.79 Å². The van der Waals surface area contributed by atoms with Gasteiger partial charge in [0.1, 0.15) is 0 Å². The van der Waals surface area contributed by atoms with Crippen LogP contribution in [0, 0.1) is 0 Å². The molecule has 0 saturated carbocycles. The molecule has 0 aliphatic heterocycles. The van der Waals surface area contributed by atoms with E-state index in [2.05, 4.69) is 47.2 Å². The summed E-state index contributed by atoms with van der Waals surface area (Å²) in [5.74, 6) is 0. The van der Waals surface area contributed by atoms with Crippen LogP contribution in [0.2, 0.25) is 0 Å². The Morgan fingerprint density at radius 2 is 2.21 bits per heavy atom. The van der Waals surface area contributed by atoms with Gasteiger partial charge in [-0.2, -0.15) is 0 Å². The number of nitrogens with one attached hydrogen (secondary N) is 1. The minimum absolute atomic E-state index is 0.552. The minimum Gasteiger partial charge on any atom is -0.310 e. The lowest BCUT2D eigenvalue weighted by atomic mass is 10.1. The van der Waals surface area contributed by atoms with Crippen molar-refractivity contribution in [3.05, 3.63) is 20.8 Å². The molecule has 1 N–H and O–H groups in total. The Kier molecular flexibility index (Phi) is 5.75. The summed E-state index contributed by atoms with van der Waals surface area (Å²) in [7, 11) is 0. The van der Waals surface area contributed by atoms with E-state index in [-0.39, 0.29) is 0 Å². The molecule has 1 rings (SSSR count). The summed E-state index contributed by atoms with van der Waals surface area (Å²) < 4.78 is 1.23. The SMILES string of the molecule is CCCCC(NCC)c1ccc(Br)s1. The standard InChI is InChI=1S/C11H18BrNS/c1-3-5-6-9(13-4-2)10-7-8-11(12)14-10/h7-9,13H,3-6H2,1-2H3. The molecule has 0 radical (unpaired) electrons. The van der Waals surface area contributed by atoms with Crippen LogP contribution in [0.15, 0.2) is 15.9 Å². The van der Waals surface area contributed by atoms with Crippen LogP contribution in [-0.2, 0) is 0 Å². The lowest BCUT2D eigenvalue weighted by molar-refractivity contribution is 0.501. The van der Waals surface area contributed by atoms with Gasteiger partial charge in [-0.25, -0.2) is 0 Å². The van der Waals surface area contributed by atoms with Crippen molar-refractivity contribution >= 4 is 27.3 Å². The molecule has 1 aromatic rings. The third kappa shape index (κ3) is 3.71. The summed E-state index contributed by atoms with van der Waals surface area (Å²) in [6, 6.07) is 4.91. The quantitative estimate of drug-likeness (QED) is 0.814. The van der Waals surface area contributed by atoms with Crippen molar-refractivity contribution in [2.75, 3.05) is 6.54 Å². The van der Waals surface area contributed by atoms with E-state index in [9.17, 15) is 0 Å². The first-order chi connectivity index (χ1) is 6.77. The average molecular weight is 276 g/mol. The van der Waals surface area contributed by atoms with Crippen molar-refractivity contribution < 1.29 is 0 Å². The second-order valence-electron chi connectivity index (χ2n) is 3.39. The molecular formula is C11H18BrNS. The number of thiophene rings is 1. The van der Waals surface area contributed by atoms with Gasteiger partial charge < -0.3 is 5.32 Å². The highest BCUT2D eigenvalue weighted by Gasteiger charge is 2.11. The van der Waals surface area contributed by atoms with Crippen LogP contribution in [0.25, 0.3) is 0 Å². The molecule has 0 aliphatic rings. The Morgan fingerprint density at radius 3 is 2.71 bits per heavy atom. The molecule has 80 valence electrons. The van der Waals surface area contributed by atoms with E-state index in [1.807, 2.05) is 11.3 Å². The molecule has 0 aliphatic carbocycles. The Balaban J connectivity index is 2.57. The maximum atomic E-state index is 3.54. The van der Waals surface area contributed by atoms with Crippen LogP contribution in [0.5, 0.6) is 0 Å². The fourth-order valence-corrected chi connectivity index (χ4v) is 3.05. The zero-order valence-electron chi connectivity index (χ0n) is 8.85. The fourth-order valence-electron chi connectivity index (χ4n) is 1.52. The van der Waals surface area contributed by atoms with Crippen molar-refractivity contribution in [2.24, 2.45) is 0 Å². The number of halogens is 1. The first-order valence-corrected chi connectivity index (χ1v) is 6.87. The van der Waals surface area contributed by atoms with E-state index in [1.165, 1.54) is 27.9 Å². The van der Waals surface area contributed by atoms with Crippen LogP contribution in [0.3, 0.4) is 0 Å². The van der Waals surface area contributed by atoms with Crippen molar-refractivity contribution in [1.29, 1.82) is 0 Å². The maximum absolute atomic E-state index is 3.54. The fraction of sp³-hybridized carbons (Fsp3) is 0.636. The summed E-state index contributed by atoms with van der Waals surface area (Å²) in [6.07, 6.45) is 3.82. The first kappa shape index (κ1) is 12.2. The predicted octanol–water partition coefficient (Wildman–Crippen LogP) is 4.35. The highest BCUT2D eigenvalue weighted by molar-refractivity contribution is 9.11. The van der Waals surface area contributed by atoms with Crippen LogP contribution in [-0.4, -0.2) is 6.54 Å². The summed E-state index contributed by atoms with van der Waals surface area (Å²) >= 11 is 5.35. The number of hydrogen-bond acceptors (Lipinski definition) is 2. The van der Waals surface area contributed by atoms with Gasteiger partial charge >= 0.3 is 0 Å². The Hall–Kier alpha value is 0.140. The van der Waals surface area contributed by atoms with Gasteiger partial charge in [0.25, 0.3) is 0 Å². The molecule has 1 nitrogen and oxygen atoms in total. The lowest BCUT2D eigenvalue weighted by Crippen LogP contribution is -2.19. The third-order valence-corrected chi connectivity index (χ3v) is 3.97. The second-order valence-corrected chi connectivity index (χ2v) is 5.89.